The highest BCUT2D eigenvalue weighted by atomic mass is 15.0. The summed E-state index contributed by atoms with van der Waals surface area (Å²) in [6.07, 6.45) is 0. The van der Waals surface area contributed by atoms with E-state index in [4.69, 9.17) is 0 Å². The zero-order chi connectivity index (χ0) is 39.7. The second-order valence-electron chi connectivity index (χ2n) is 17.0. The Balaban J connectivity index is 0.965. The number of aromatic nitrogens is 3. The predicted molar refractivity (Wildman–Crippen MR) is 252 cm³/mol. The maximum Gasteiger partial charge on any atom is 0.0561 e. The minimum absolute atomic E-state index is 0.0649. The van der Waals surface area contributed by atoms with Gasteiger partial charge < -0.3 is 13.7 Å². The molecule has 0 fully saturated rings. The van der Waals surface area contributed by atoms with Crippen LogP contribution in [0.5, 0.6) is 0 Å². The molecule has 3 heteroatoms. The molecule has 0 spiro atoms. The normalized spacial score (nSPS) is 13.3. The van der Waals surface area contributed by atoms with Crippen LogP contribution in [-0.4, -0.2) is 13.7 Å². The van der Waals surface area contributed by atoms with E-state index in [9.17, 15) is 0 Å². The highest BCUT2D eigenvalue weighted by Crippen LogP contribution is 2.49. The average molecular weight is 766 g/mol. The number of hydrogen-bond acceptors (Lipinski definition) is 0. The molecule has 1 aliphatic rings. The zero-order valence-electron chi connectivity index (χ0n) is 33.4. The lowest BCUT2D eigenvalue weighted by Crippen LogP contribution is -2.15. The summed E-state index contributed by atoms with van der Waals surface area (Å²) < 4.78 is 7.30. The van der Waals surface area contributed by atoms with E-state index in [2.05, 4.69) is 228 Å². The third-order valence-corrected chi connectivity index (χ3v) is 13.4. The van der Waals surface area contributed by atoms with E-state index < -0.39 is 0 Å². The fourth-order valence-electron chi connectivity index (χ4n) is 10.6. The Bertz CT molecular complexity index is 3740. The Morgan fingerprint density at radius 3 is 1.37 bits per heavy atom. The van der Waals surface area contributed by atoms with E-state index >= 15 is 0 Å². The van der Waals surface area contributed by atoms with Gasteiger partial charge in [0, 0.05) is 54.8 Å². The van der Waals surface area contributed by atoms with Crippen LogP contribution in [0.1, 0.15) is 25.0 Å². The van der Waals surface area contributed by atoms with Crippen molar-refractivity contribution in [1.82, 2.24) is 13.7 Å². The van der Waals surface area contributed by atoms with Gasteiger partial charge in [0.25, 0.3) is 0 Å². The molecule has 0 radical (unpaired) electrons. The molecular formula is C57H39N3. The largest absolute Gasteiger partial charge is 0.309 e. The average Bonchev–Trinajstić information content (AvgIpc) is 3.99. The molecule has 1 aliphatic carbocycles. The topological polar surface area (TPSA) is 14.8 Å². The Labute approximate surface area is 347 Å². The summed E-state index contributed by atoms with van der Waals surface area (Å²) in [4.78, 5) is 0. The lowest BCUT2D eigenvalue weighted by Gasteiger charge is -2.22. The van der Waals surface area contributed by atoms with Crippen molar-refractivity contribution in [3.8, 4) is 39.3 Å². The van der Waals surface area contributed by atoms with Crippen LogP contribution in [-0.2, 0) is 5.41 Å². The lowest BCUT2D eigenvalue weighted by molar-refractivity contribution is 0.660. The van der Waals surface area contributed by atoms with E-state index in [0.717, 1.165) is 11.4 Å². The summed E-state index contributed by atoms with van der Waals surface area (Å²) in [5.41, 5.74) is 18.6. The van der Waals surface area contributed by atoms with Crippen molar-refractivity contribution >= 4 is 65.4 Å². The van der Waals surface area contributed by atoms with Crippen LogP contribution in [0.3, 0.4) is 0 Å². The number of fused-ring (bicyclic) bond motifs is 12. The molecule has 0 aliphatic heterocycles. The number of benzene rings is 9. The van der Waals surface area contributed by atoms with Crippen molar-refractivity contribution in [2.24, 2.45) is 0 Å². The maximum atomic E-state index is 2.46. The van der Waals surface area contributed by atoms with Gasteiger partial charge in [0.1, 0.15) is 0 Å². The molecule has 3 heterocycles. The second kappa shape index (κ2) is 12.2. The summed E-state index contributed by atoms with van der Waals surface area (Å²) in [6.45, 7) is 4.72. The van der Waals surface area contributed by atoms with Crippen LogP contribution in [0.2, 0.25) is 0 Å². The van der Waals surface area contributed by atoms with Gasteiger partial charge in [-0.05, 0) is 112 Å². The molecule has 0 saturated heterocycles. The third-order valence-electron chi connectivity index (χ3n) is 13.4. The molecule has 0 N–H and O–H groups in total. The van der Waals surface area contributed by atoms with Crippen LogP contribution in [0.4, 0.5) is 0 Å². The molecule has 3 nitrogen and oxygen atoms in total. The minimum atomic E-state index is -0.0649. The van der Waals surface area contributed by atoms with E-state index in [1.165, 1.54) is 104 Å². The van der Waals surface area contributed by atoms with Gasteiger partial charge in [0.15, 0.2) is 0 Å². The first-order valence-corrected chi connectivity index (χ1v) is 20.9. The Hall–Kier alpha value is -7.62. The molecule has 9 aromatic carbocycles. The SMILES string of the molecule is CC1(C)c2ccccc2-c2ccc(-n3c4ccccc4c4cc(-c5ccc6c(c5)c5ccccc5n6-c5ccc6c7ccccc7n(-c7ccccc7)c6c5)ccc43)cc21. The van der Waals surface area contributed by atoms with Gasteiger partial charge in [-0.15, -0.1) is 0 Å². The van der Waals surface area contributed by atoms with Crippen LogP contribution in [0, 0.1) is 0 Å². The molecule has 13 rings (SSSR count). The van der Waals surface area contributed by atoms with Crippen molar-refractivity contribution in [2.45, 2.75) is 19.3 Å². The van der Waals surface area contributed by atoms with Crippen LogP contribution < -0.4 is 0 Å². The van der Waals surface area contributed by atoms with E-state index in [-0.39, 0.29) is 5.41 Å². The zero-order valence-corrected chi connectivity index (χ0v) is 33.4. The molecule has 0 bridgehead atoms. The molecule has 12 aromatic rings. The van der Waals surface area contributed by atoms with Gasteiger partial charge in [-0.1, -0.05) is 135 Å². The summed E-state index contributed by atoms with van der Waals surface area (Å²) >= 11 is 0. The molecule has 0 unspecified atom stereocenters. The molecular weight excluding hydrogens is 727 g/mol. The fourth-order valence-corrected chi connectivity index (χ4v) is 10.6. The van der Waals surface area contributed by atoms with Gasteiger partial charge in [-0.25, -0.2) is 0 Å². The van der Waals surface area contributed by atoms with Crippen LogP contribution in [0.15, 0.2) is 200 Å². The Kier molecular flexibility index (Phi) is 6.78. The van der Waals surface area contributed by atoms with Gasteiger partial charge in [-0.3, -0.25) is 0 Å². The highest BCUT2D eigenvalue weighted by Gasteiger charge is 2.35. The molecule has 60 heavy (non-hydrogen) atoms. The summed E-state index contributed by atoms with van der Waals surface area (Å²) in [5.74, 6) is 0. The van der Waals surface area contributed by atoms with E-state index in [1.807, 2.05) is 0 Å². The third kappa shape index (κ3) is 4.55. The Morgan fingerprint density at radius 2 is 0.733 bits per heavy atom. The van der Waals surface area contributed by atoms with Gasteiger partial charge >= 0.3 is 0 Å². The number of rotatable bonds is 4. The van der Waals surface area contributed by atoms with Crippen molar-refractivity contribution in [3.05, 3.63) is 211 Å². The first kappa shape index (κ1) is 33.4. The molecule has 3 aromatic heterocycles. The predicted octanol–water partition coefficient (Wildman–Crippen LogP) is 15.0. The van der Waals surface area contributed by atoms with Gasteiger partial charge in [0.05, 0.1) is 33.1 Å². The smallest absolute Gasteiger partial charge is 0.0561 e. The molecule has 282 valence electrons. The van der Waals surface area contributed by atoms with E-state index in [1.54, 1.807) is 0 Å². The standard InChI is InChI=1S/C57H39N3/c1-57(2)49-20-10-6-16-41(49)42-28-26-39(34-50(42)57)59-52-22-12-8-18-44(52)47-32-36(24-30-54(47)59)37-25-31-55-48(33-37)45-19-9-13-23-53(45)60(55)40-27-29-46-43-17-7-11-21-51(43)58(56(46)35-40)38-14-4-3-5-15-38/h3-35H,1-2H3. The highest BCUT2D eigenvalue weighted by molar-refractivity contribution is 6.14. The monoisotopic (exact) mass is 765 g/mol. The van der Waals surface area contributed by atoms with Crippen molar-refractivity contribution < 1.29 is 0 Å². The molecule has 0 saturated carbocycles. The maximum absolute atomic E-state index is 2.46. The van der Waals surface area contributed by atoms with Crippen LogP contribution >= 0.6 is 0 Å². The second-order valence-corrected chi connectivity index (χ2v) is 17.0. The van der Waals surface area contributed by atoms with Crippen molar-refractivity contribution in [3.63, 3.8) is 0 Å². The van der Waals surface area contributed by atoms with Crippen molar-refractivity contribution in [2.75, 3.05) is 0 Å². The fraction of sp³-hybridized carbons (Fsp3) is 0.0526. The summed E-state index contributed by atoms with van der Waals surface area (Å²) in [6, 6.07) is 74.1. The van der Waals surface area contributed by atoms with E-state index in [0.29, 0.717) is 0 Å². The first-order valence-electron chi connectivity index (χ1n) is 20.9. The summed E-state index contributed by atoms with van der Waals surface area (Å²) in [5, 5.41) is 7.53. The van der Waals surface area contributed by atoms with Gasteiger partial charge in [-0.2, -0.15) is 0 Å². The molecule has 0 amide bonds. The Morgan fingerprint density at radius 1 is 0.283 bits per heavy atom. The number of hydrogen-bond donors (Lipinski definition) is 0. The first-order chi connectivity index (χ1) is 29.5. The van der Waals surface area contributed by atoms with Crippen molar-refractivity contribution in [1.29, 1.82) is 0 Å². The number of nitrogens with zero attached hydrogens (tertiary/aromatic N) is 3. The molecule has 0 atom stereocenters. The summed E-state index contributed by atoms with van der Waals surface area (Å²) in [7, 11) is 0. The van der Waals surface area contributed by atoms with Gasteiger partial charge in [0.2, 0.25) is 0 Å². The minimum Gasteiger partial charge on any atom is -0.309 e. The number of para-hydroxylation sites is 4. The van der Waals surface area contributed by atoms with Crippen LogP contribution in [0.25, 0.3) is 105 Å². The quantitative estimate of drug-likeness (QED) is 0.169. The lowest BCUT2D eigenvalue weighted by atomic mass is 9.82.